The fourth-order valence-corrected chi connectivity index (χ4v) is 4.76. The Bertz CT molecular complexity index is 1250. The van der Waals surface area contributed by atoms with E-state index in [0.717, 1.165) is 35.1 Å². The molecule has 0 saturated heterocycles. The first-order valence-corrected chi connectivity index (χ1v) is 11.7. The number of carboxylic acid groups (broad SMARTS) is 1. The van der Waals surface area contributed by atoms with Crippen molar-refractivity contribution in [2.24, 2.45) is 0 Å². The van der Waals surface area contributed by atoms with Crippen LogP contribution in [0.25, 0.3) is 11.1 Å². The van der Waals surface area contributed by atoms with Crippen molar-refractivity contribution in [3.05, 3.63) is 89.5 Å². The first-order chi connectivity index (χ1) is 16.9. The Morgan fingerprint density at radius 1 is 0.971 bits per heavy atom. The van der Waals surface area contributed by atoms with Crippen LogP contribution in [0.1, 0.15) is 47.2 Å². The molecule has 0 bridgehead atoms. The molecular weight excluding hydrogens is 444 g/mol. The van der Waals surface area contributed by atoms with Gasteiger partial charge >= 0.3 is 12.1 Å². The molecular formula is C28H26N2O5. The lowest BCUT2D eigenvalue weighted by Gasteiger charge is -2.26. The minimum Gasteiger partial charge on any atom is -0.480 e. The predicted octanol–water partition coefficient (Wildman–Crippen LogP) is 5.13. The van der Waals surface area contributed by atoms with E-state index in [2.05, 4.69) is 29.6 Å². The van der Waals surface area contributed by atoms with Crippen molar-refractivity contribution in [2.45, 2.75) is 37.8 Å². The van der Waals surface area contributed by atoms with Crippen molar-refractivity contribution in [3.8, 4) is 11.1 Å². The Morgan fingerprint density at radius 2 is 1.60 bits per heavy atom. The summed E-state index contributed by atoms with van der Waals surface area (Å²) in [6, 6.07) is 21.7. The topological polar surface area (TPSA) is 95.9 Å². The van der Waals surface area contributed by atoms with Gasteiger partial charge in [-0.2, -0.15) is 0 Å². The average Bonchev–Trinajstić information content (AvgIpc) is 3.65. The molecule has 1 fully saturated rings. The van der Waals surface area contributed by atoms with E-state index in [0.29, 0.717) is 11.3 Å². The molecule has 0 aliphatic heterocycles. The van der Waals surface area contributed by atoms with Gasteiger partial charge in [-0.3, -0.25) is 10.1 Å². The van der Waals surface area contributed by atoms with Gasteiger partial charge < -0.3 is 14.7 Å². The summed E-state index contributed by atoms with van der Waals surface area (Å²) in [4.78, 5) is 38.6. The fourth-order valence-electron chi connectivity index (χ4n) is 4.76. The zero-order valence-corrected chi connectivity index (χ0v) is 19.3. The van der Waals surface area contributed by atoms with Gasteiger partial charge in [0.1, 0.15) is 12.6 Å². The number of fused-ring (bicyclic) bond motifs is 3. The SMILES string of the molecule is CC(C(=O)O)N(C(=O)c1cccc(NC(=O)OCC2c3ccccc3-c3ccccc32)c1)C1CC1. The van der Waals surface area contributed by atoms with Gasteiger partial charge in [0, 0.05) is 23.2 Å². The number of carbonyl (C=O) groups excluding carboxylic acids is 2. The monoisotopic (exact) mass is 470 g/mol. The smallest absolute Gasteiger partial charge is 0.411 e. The van der Waals surface area contributed by atoms with Gasteiger partial charge in [-0.1, -0.05) is 54.6 Å². The van der Waals surface area contributed by atoms with E-state index in [-0.39, 0.29) is 24.5 Å². The third-order valence-electron chi connectivity index (χ3n) is 6.65. The molecule has 1 unspecified atom stereocenters. The molecule has 178 valence electrons. The van der Waals surface area contributed by atoms with Crippen molar-refractivity contribution in [1.29, 1.82) is 0 Å². The quantitative estimate of drug-likeness (QED) is 0.499. The molecule has 7 heteroatoms. The molecule has 0 aromatic heterocycles. The maximum Gasteiger partial charge on any atom is 0.411 e. The van der Waals surface area contributed by atoms with Crippen LogP contribution in [0, 0.1) is 0 Å². The van der Waals surface area contributed by atoms with E-state index >= 15 is 0 Å². The lowest BCUT2D eigenvalue weighted by Crippen LogP contribution is -2.44. The summed E-state index contributed by atoms with van der Waals surface area (Å²) in [5.74, 6) is -1.46. The zero-order valence-electron chi connectivity index (χ0n) is 19.3. The molecule has 0 radical (unpaired) electrons. The third kappa shape index (κ3) is 4.49. The van der Waals surface area contributed by atoms with Gasteiger partial charge in [0.2, 0.25) is 0 Å². The van der Waals surface area contributed by atoms with Crippen LogP contribution in [0.15, 0.2) is 72.8 Å². The number of amides is 2. The minimum atomic E-state index is -1.04. The van der Waals surface area contributed by atoms with Gasteiger partial charge in [-0.05, 0) is 60.2 Å². The predicted molar refractivity (Wildman–Crippen MR) is 131 cm³/mol. The highest BCUT2D eigenvalue weighted by Crippen LogP contribution is 2.44. The van der Waals surface area contributed by atoms with Crippen LogP contribution in [0.4, 0.5) is 10.5 Å². The van der Waals surface area contributed by atoms with Crippen molar-refractivity contribution >= 4 is 23.7 Å². The van der Waals surface area contributed by atoms with Crippen LogP contribution in [0.5, 0.6) is 0 Å². The van der Waals surface area contributed by atoms with Crippen LogP contribution >= 0.6 is 0 Å². The number of aliphatic carboxylic acids is 1. The van der Waals surface area contributed by atoms with E-state index in [9.17, 15) is 19.5 Å². The summed E-state index contributed by atoms with van der Waals surface area (Å²) >= 11 is 0. The van der Waals surface area contributed by atoms with E-state index < -0.39 is 18.1 Å². The van der Waals surface area contributed by atoms with E-state index in [1.54, 1.807) is 24.3 Å². The molecule has 3 aromatic rings. The Kier molecular flexibility index (Phi) is 5.99. The summed E-state index contributed by atoms with van der Waals surface area (Å²) in [6.07, 6.45) is 0.969. The minimum absolute atomic E-state index is 0.0503. The van der Waals surface area contributed by atoms with Gasteiger partial charge in [0.15, 0.2) is 0 Å². The number of nitrogens with zero attached hydrogens (tertiary/aromatic N) is 1. The summed E-state index contributed by atoms with van der Waals surface area (Å²) in [5, 5.41) is 12.1. The lowest BCUT2D eigenvalue weighted by molar-refractivity contribution is -0.141. The number of hydrogen-bond donors (Lipinski definition) is 2. The number of carboxylic acids is 1. The molecule has 35 heavy (non-hydrogen) atoms. The number of ether oxygens (including phenoxy) is 1. The molecule has 2 N–H and O–H groups in total. The Labute approximate surface area is 203 Å². The van der Waals surface area contributed by atoms with E-state index in [4.69, 9.17) is 4.74 Å². The highest BCUT2D eigenvalue weighted by atomic mass is 16.5. The standard InChI is InChI=1S/C28H26N2O5/c1-17(27(32)33)30(20-13-14-20)26(31)18-7-6-8-19(15-18)29-28(34)35-16-25-23-11-4-2-9-21(23)22-10-3-5-12-24(22)25/h2-12,15,17,20,25H,13-14,16H2,1H3,(H,29,34)(H,32,33). The first kappa shape index (κ1) is 22.7. The van der Waals surface area contributed by atoms with Gasteiger partial charge in [0.25, 0.3) is 5.91 Å². The second-order valence-corrected chi connectivity index (χ2v) is 8.99. The molecule has 2 aliphatic carbocycles. The van der Waals surface area contributed by atoms with Crippen LogP contribution < -0.4 is 5.32 Å². The number of anilines is 1. The highest BCUT2D eigenvalue weighted by molar-refractivity contribution is 5.98. The maximum absolute atomic E-state index is 13.1. The number of carbonyl (C=O) groups is 3. The van der Waals surface area contributed by atoms with E-state index in [1.165, 1.54) is 11.8 Å². The largest absolute Gasteiger partial charge is 0.480 e. The summed E-state index contributed by atoms with van der Waals surface area (Å²) in [7, 11) is 0. The van der Waals surface area contributed by atoms with Gasteiger partial charge in [-0.15, -0.1) is 0 Å². The molecule has 7 nitrogen and oxygen atoms in total. The normalized spacial score (nSPS) is 15.0. The van der Waals surface area contributed by atoms with Crippen molar-refractivity contribution in [2.75, 3.05) is 11.9 Å². The Balaban J connectivity index is 1.26. The third-order valence-corrected chi connectivity index (χ3v) is 6.65. The average molecular weight is 471 g/mol. The molecule has 0 heterocycles. The van der Waals surface area contributed by atoms with Gasteiger partial charge in [0.05, 0.1) is 0 Å². The summed E-state index contributed by atoms with van der Waals surface area (Å²) in [5.41, 5.74) is 5.29. The first-order valence-electron chi connectivity index (χ1n) is 11.7. The van der Waals surface area contributed by atoms with Crippen molar-refractivity contribution < 1.29 is 24.2 Å². The second-order valence-electron chi connectivity index (χ2n) is 8.99. The zero-order chi connectivity index (χ0) is 24.5. The van der Waals surface area contributed by atoms with Crippen LogP contribution in [-0.4, -0.2) is 46.7 Å². The van der Waals surface area contributed by atoms with Crippen molar-refractivity contribution in [3.63, 3.8) is 0 Å². The molecule has 2 amide bonds. The highest BCUT2D eigenvalue weighted by Gasteiger charge is 2.38. The molecule has 3 aromatic carbocycles. The number of rotatable bonds is 7. The molecule has 2 aliphatic rings. The number of hydrogen-bond acceptors (Lipinski definition) is 4. The number of nitrogens with one attached hydrogen (secondary N) is 1. The van der Waals surface area contributed by atoms with Crippen molar-refractivity contribution in [1.82, 2.24) is 4.90 Å². The van der Waals surface area contributed by atoms with Crippen LogP contribution in [-0.2, 0) is 9.53 Å². The van der Waals surface area contributed by atoms with E-state index in [1.807, 2.05) is 24.3 Å². The molecule has 5 rings (SSSR count). The summed E-state index contributed by atoms with van der Waals surface area (Å²) in [6.45, 7) is 1.70. The number of benzene rings is 3. The van der Waals surface area contributed by atoms with Crippen LogP contribution in [0.2, 0.25) is 0 Å². The molecule has 1 saturated carbocycles. The molecule has 1 atom stereocenters. The maximum atomic E-state index is 13.1. The molecule has 0 spiro atoms. The lowest BCUT2D eigenvalue weighted by atomic mass is 9.98. The Hall–Kier alpha value is -4.13. The second kappa shape index (κ2) is 9.25. The van der Waals surface area contributed by atoms with Crippen LogP contribution in [0.3, 0.4) is 0 Å². The summed E-state index contributed by atoms with van der Waals surface area (Å²) < 4.78 is 5.59. The Morgan fingerprint density at radius 3 is 2.20 bits per heavy atom. The van der Waals surface area contributed by atoms with Gasteiger partial charge in [-0.25, -0.2) is 9.59 Å². The fraction of sp³-hybridized carbons (Fsp3) is 0.250.